The van der Waals surface area contributed by atoms with Crippen LogP contribution in [0.3, 0.4) is 0 Å². The number of phenolic OH excluding ortho intramolecular Hbond substituents is 1. The van der Waals surface area contributed by atoms with E-state index in [0.717, 1.165) is 11.1 Å². The molecule has 0 saturated carbocycles. The third-order valence-electron chi connectivity index (χ3n) is 2.80. The highest BCUT2D eigenvalue weighted by molar-refractivity contribution is 6.25. The predicted molar refractivity (Wildman–Crippen MR) is 68.1 cm³/mol. The molecule has 0 spiro atoms. The first-order valence-corrected chi connectivity index (χ1v) is 5.56. The zero-order valence-electron chi connectivity index (χ0n) is 9.46. The Morgan fingerprint density at radius 1 is 1.00 bits per heavy atom. The molecule has 3 rings (SSSR count). The van der Waals surface area contributed by atoms with E-state index in [1.165, 1.54) is 0 Å². The maximum atomic E-state index is 11.8. The van der Waals surface area contributed by atoms with E-state index >= 15 is 0 Å². The molecule has 2 aromatic carbocycles. The van der Waals surface area contributed by atoms with Crippen LogP contribution in [0.2, 0.25) is 0 Å². The van der Waals surface area contributed by atoms with Gasteiger partial charge >= 0.3 is 5.97 Å². The van der Waals surface area contributed by atoms with Gasteiger partial charge < -0.3 is 9.84 Å². The maximum Gasteiger partial charge on any atom is 0.344 e. The van der Waals surface area contributed by atoms with E-state index in [-0.39, 0.29) is 11.7 Å². The van der Waals surface area contributed by atoms with Gasteiger partial charge in [0.25, 0.3) is 0 Å². The first-order chi connectivity index (χ1) is 8.74. The molecule has 1 aliphatic heterocycles. The molecule has 0 amide bonds. The molecule has 1 aliphatic rings. The van der Waals surface area contributed by atoms with Crippen LogP contribution in [0.4, 0.5) is 0 Å². The lowest BCUT2D eigenvalue weighted by atomic mass is 10.0. The van der Waals surface area contributed by atoms with Gasteiger partial charge in [0.05, 0.1) is 5.57 Å². The summed E-state index contributed by atoms with van der Waals surface area (Å²) in [6, 6.07) is 14.0. The van der Waals surface area contributed by atoms with Gasteiger partial charge in [-0.1, -0.05) is 30.3 Å². The van der Waals surface area contributed by atoms with Crippen LogP contribution < -0.4 is 4.74 Å². The minimum atomic E-state index is -0.343. The molecule has 0 saturated heterocycles. The number of para-hydroxylation sites is 1. The zero-order chi connectivity index (χ0) is 12.5. The molecule has 1 heterocycles. The Hall–Kier alpha value is -2.55. The van der Waals surface area contributed by atoms with Crippen molar-refractivity contribution in [2.45, 2.75) is 0 Å². The minimum Gasteiger partial charge on any atom is -0.508 e. The van der Waals surface area contributed by atoms with E-state index in [1.54, 1.807) is 36.4 Å². The first kappa shape index (κ1) is 10.6. The fourth-order valence-corrected chi connectivity index (χ4v) is 1.92. The lowest BCUT2D eigenvalue weighted by molar-refractivity contribution is -0.126. The third kappa shape index (κ3) is 1.76. The maximum absolute atomic E-state index is 11.8. The van der Waals surface area contributed by atoms with Crippen LogP contribution >= 0.6 is 0 Å². The van der Waals surface area contributed by atoms with Crippen LogP contribution in [-0.2, 0) is 4.79 Å². The van der Waals surface area contributed by atoms with E-state index in [2.05, 4.69) is 0 Å². The molecule has 88 valence electrons. The van der Waals surface area contributed by atoms with E-state index in [0.29, 0.717) is 11.3 Å². The summed E-state index contributed by atoms with van der Waals surface area (Å²) in [7, 11) is 0. The fourth-order valence-electron chi connectivity index (χ4n) is 1.92. The SMILES string of the molecule is O=C1Oc2ccccc2/C1=C/c1ccc(O)cc1. The van der Waals surface area contributed by atoms with Crippen molar-refractivity contribution in [2.75, 3.05) is 0 Å². The number of carbonyl (C=O) groups excluding carboxylic acids is 1. The lowest BCUT2D eigenvalue weighted by Crippen LogP contribution is -2.00. The van der Waals surface area contributed by atoms with E-state index in [4.69, 9.17) is 4.74 Å². The summed E-state index contributed by atoms with van der Waals surface area (Å²) in [4.78, 5) is 11.8. The summed E-state index contributed by atoms with van der Waals surface area (Å²) in [5.41, 5.74) is 2.18. The Balaban J connectivity index is 2.07. The monoisotopic (exact) mass is 238 g/mol. The number of phenols is 1. The van der Waals surface area contributed by atoms with Crippen molar-refractivity contribution in [1.29, 1.82) is 0 Å². The number of aromatic hydroxyl groups is 1. The molecular formula is C15H10O3. The molecule has 2 aromatic rings. The van der Waals surface area contributed by atoms with Crippen LogP contribution in [0.5, 0.6) is 11.5 Å². The number of esters is 1. The number of carbonyl (C=O) groups is 1. The number of fused-ring (bicyclic) bond motifs is 1. The van der Waals surface area contributed by atoms with Crippen molar-refractivity contribution in [3.05, 3.63) is 59.7 Å². The van der Waals surface area contributed by atoms with Gasteiger partial charge in [-0.05, 0) is 29.8 Å². The molecule has 0 radical (unpaired) electrons. The summed E-state index contributed by atoms with van der Waals surface area (Å²) in [6.07, 6.45) is 1.76. The third-order valence-corrected chi connectivity index (χ3v) is 2.80. The first-order valence-electron chi connectivity index (χ1n) is 5.56. The van der Waals surface area contributed by atoms with Crippen molar-refractivity contribution >= 4 is 17.6 Å². The molecule has 0 aromatic heterocycles. The largest absolute Gasteiger partial charge is 0.508 e. The highest BCUT2D eigenvalue weighted by Crippen LogP contribution is 2.34. The normalized spacial score (nSPS) is 15.6. The van der Waals surface area contributed by atoms with Crippen LogP contribution in [0.25, 0.3) is 11.6 Å². The van der Waals surface area contributed by atoms with Crippen LogP contribution in [0, 0.1) is 0 Å². The molecule has 0 bridgehead atoms. The average Bonchev–Trinajstić information content (AvgIpc) is 2.69. The molecular weight excluding hydrogens is 228 g/mol. The standard InChI is InChI=1S/C15H10O3/c16-11-7-5-10(6-8-11)9-13-12-3-1-2-4-14(12)18-15(13)17/h1-9,16H/b13-9-. The van der Waals surface area contributed by atoms with Crippen molar-refractivity contribution in [3.8, 4) is 11.5 Å². The Morgan fingerprint density at radius 2 is 1.72 bits per heavy atom. The zero-order valence-corrected chi connectivity index (χ0v) is 9.46. The number of benzene rings is 2. The number of hydrogen-bond acceptors (Lipinski definition) is 3. The highest BCUT2D eigenvalue weighted by Gasteiger charge is 2.25. The number of hydrogen-bond donors (Lipinski definition) is 1. The van der Waals surface area contributed by atoms with Gasteiger partial charge in [-0.3, -0.25) is 0 Å². The van der Waals surface area contributed by atoms with Gasteiger partial charge in [-0.25, -0.2) is 4.79 Å². The Bertz CT molecular complexity index is 639. The number of ether oxygens (including phenoxy) is 1. The van der Waals surface area contributed by atoms with Crippen molar-refractivity contribution < 1.29 is 14.6 Å². The molecule has 0 fully saturated rings. The fraction of sp³-hybridized carbons (Fsp3) is 0. The van der Waals surface area contributed by atoms with E-state index in [9.17, 15) is 9.90 Å². The molecule has 1 N–H and O–H groups in total. The summed E-state index contributed by atoms with van der Waals surface area (Å²) < 4.78 is 5.16. The average molecular weight is 238 g/mol. The second kappa shape index (κ2) is 4.04. The van der Waals surface area contributed by atoms with Gasteiger partial charge in [0.2, 0.25) is 0 Å². The molecule has 0 atom stereocenters. The Morgan fingerprint density at radius 3 is 2.50 bits per heavy atom. The quantitative estimate of drug-likeness (QED) is 0.472. The van der Waals surface area contributed by atoms with Crippen LogP contribution in [-0.4, -0.2) is 11.1 Å². The predicted octanol–water partition coefficient (Wildman–Crippen LogP) is 2.85. The van der Waals surface area contributed by atoms with E-state index < -0.39 is 0 Å². The minimum absolute atomic E-state index is 0.201. The topological polar surface area (TPSA) is 46.5 Å². The summed E-state index contributed by atoms with van der Waals surface area (Å²) >= 11 is 0. The van der Waals surface area contributed by atoms with Crippen LogP contribution in [0.1, 0.15) is 11.1 Å². The molecule has 0 aliphatic carbocycles. The van der Waals surface area contributed by atoms with Crippen molar-refractivity contribution in [2.24, 2.45) is 0 Å². The van der Waals surface area contributed by atoms with Crippen molar-refractivity contribution in [1.82, 2.24) is 0 Å². The molecule has 18 heavy (non-hydrogen) atoms. The van der Waals surface area contributed by atoms with Gasteiger partial charge in [0, 0.05) is 5.56 Å². The van der Waals surface area contributed by atoms with Gasteiger partial charge in [0.15, 0.2) is 0 Å². The van der Waals surface area contributed by atoms with Gasteiger partial charge in [0.1, 0.15) is 11.5 Å². The molecule has 0 unspecified atom stereocenters. The van der Waals surface area contributed by atoms with E-state index in [1.807, 2.05) is 18.2 Å². The summed E-state index contributed by atoms with van der Waals surface area (Å²) in [5, 5.41) is 9.21. The second-order valence-corrected chi connectivity index (χ2v) is 4.04. The molecule has 3 nitrogen and oxygen atoms in total. The summed E-state index contributed by atoms with van der Waals surface area (Å²) in [5.74, 6) is 0.448. The smallest absolute Gasteiger partial charge is 0.344 e. The highest BCUT2D eigenvalue weighted by atomic mass is 16.5. The Kier molecular flexibility index (Phi) is 2.38. The second-order valence-electron chi connectivity index (χ2n) is 4.04. The molecule has 3 heteroatoms. The summed E-state index contributed by atoms with van der Waals surface area (Å²) in [6.45, 7) is 0. The Labute approximate surface area is 104 Å². The lowest BCUT2D eigenvalue weighted by Gasteiger charge is -1.97. The number of rotatable bonds is 1. The van der Waals surface area contributed by atoms with Crippen molar-refractivity contribution in [3.63, 3.8) is 0 Å². The van der Waals surface area contributed by atoms with Crippen LogP contribution in [0.15, 0.2) is 48.5 Å². The van der Waals surface area contributed by atoms with Gasteiger partial charge in [-0.2, -0.15) is 0 Å². The van der Waals surface area contributed by atoms with Gasteiger partial charge in [-0.15, -0.1) is 0 Å².